The van der Waals surface area contributed by atoms with Crippen molar-refractivity contribution in [3.63, 3.8) is 0 Å². The predicted octanol–water partition coefficient (Wildman–Crippen LogP) is 4.27. The number of hydrogen-bond donors (Lipinski definition) is 2. The Labute approximate surface area is 182 Å². The molecular weight excluding hydrogens is 400 g/mol. The zero-order chi connectivity index (χ0) is 22.9. The molecule has 0 spiro atoms. The number of anilines is 1. The van der Waals surface area contributed by atoms with Gasteiger partial charge in [0.15, 0.2) is 0 Å². The molecule has 0 unspecified atom stereocenters. The maximum absolute atomic E-state index is 13.6. The van der Waals surface area contributed by atoms with Crippen molar-refractivity contribution in [2.45, 2.75) is 72.8 Å². The third-order valence-electron chi connectivity index (χ3n) is 5.46. The van der Waals surface area contributed by atoms with Crippen molar-refractivity contribution in [1.82, 2.24) is 0 Å². The molecule has 2 amide bonds. The molecule has 0 atom stereocenters. The Hall–Kier alpha value is -2.33. The Bertz CT molecular complexity index is 891. The highest BCUT2D eigenvalue weighted by Crippen LogP contribution is 2.38. The van der Waals surface area contributed by atoms with Crippen molar-refractivity contribution in [1.29, 1.82) is 0 Å². The van der Waals surface area contributed by atoms with E-state index in [9.17, 15) is 19.5 Å². The largest absolute Gasteiger partial charge is 0.477 e. The lowest BCUT2D eigenvalue weighted by molar-refractivity contribution is -0.130. The summed E-state index contributed by atoms with van der Waals surface area (Å²) in [4.78, 5) is 39.6. The standard InChI is InChI=1S/C23H32N2O4S/c1-14-7-9-15(10-8-14)19(26)25(23(5,6)21(24)29)17-13-16(11-12-22(2,3)4)30-18(17)20(27)28/h13-15H,7-10H2,1-6H3,(H2,24,29)(H,27,28)/t14-,15-. The third kappa shape index (κ3) is 5.42. The first-order chi connectivity index (χ1) is 13.7. The number of amides is 2. The van der Waals surface area contributed by atoms with Gasteiger partial charge in [-0.15, -0.1) is 11.3 Å². The van der Waals surface area contributed by atoms with E-state index in [1.165, 1.54) is 4.90 Å². The summed E-state index contributed by atoms with van der Waals surface area (Å²) in [7, 11) is 0. The second-order valence-electron chi connectivity index (χ2n) is 9.68. The van der Waals surface area contributed by atoms with Crippen molar-refractivity contribution in [2.75, 3.05) is 4.90 Å². The van der Waals surface area contributed by atoms with E-state index < -0.39 is 17.4 Å². The summed E-state index contributed by atoms with van der Waals surface area (Å²) in [5.74, 6) is 4.30. The summed E-state index contributed by atoms with van der Waals surface area (Å²) < 4.78 is 0. The van der Waals surface area contributed by atoms with Gasteiger partial charge in [-0.3, -0.25) is 14.5 Å². The van der Waals surface area contributed by atoms with E-state index in [2.05, 4.69) is 18.8 Å². The lowest BCUT2D eigenvalue weighted by Gasteiger charge is -2.39. The number of rotatable bonds is 5. The maximum Gasteiger partial charge on any atom is 0.348 e. The van der Waals surface area contributed by atoms with E-state index in [1.54, 1.807) is 19.9 Å². The number of primary amides is 1. The minimum atomic E-state index is -1.37. The van der Waals surface area contributed by atoms with Gasteiger partial charge in [0.2, 0.25) is 11.8 Å². The fourth-order valence-corrected chi connectivity index (χ4v) is 4.34. The molecule has 1 saturated carbocycles. The van der Waals surface area contributed by atoms with Crippen LogP contribution in [-0.4, -0.2) is 28.4 Å². The average molecular weight is 433 g/mol. The topological polar surface area (TPSA) is 101 Å². The number of hydrogen-bond acceptors (Lipinski definition) is 4. The van der Waals surface area contributed by atoms with Gasteiger partial charge in [-0.2, -0.15) is 0 Å². The molecule has 3 N–H and O–H groups in total. The van der Waals surface area contributed by atoms with E-state index in [4.69, 9.17) is 5.73 Å². The second-order valence-corrected chi connectivity index (χ2v) is 10.7. The molecule has 0 bridgehead atoms. The van der Waals surface area contributed by atoms with Gasteiger partial charge in [0.1, 0.15) is 10.4 Å². The number of carboxylic acids is 1. The number of aromatic carboxylic acids is 1. The van der Waals surface area contributed by atoms with Gasteiger partial charge in [0.05, 0.1) is 10.6 Å². The molecule has 0 saturated heterocycles. The van der Waals surface area contributed by atoms with Crippen LogP contribution >= 0.6 is 11.3 Å². The molecule has 30 heavy (non-hydrogen) atoms. The Kier molecular flexibility index (Phi) is 7.03. The molecule has 1 aromatic rings. The van der Waals surface area contributed by atoms with Gasteiger partial charge in [-0.05, 0) is 72.3 Å². The molecule has 1 aliphatic carbocycles. The van der Waals surface area contributed by atoms with Crippen LogP contribution in [0.3, 0.4) is 0 Å². The molecule has 1 aliphatic rings. The van der Waals surface area contributed by atoms with Gasteiger partial charge in [0.25, 0.3) is 0 Å². The summed E-state index contributed by atoms with van der Waals surface area (Å²) >= 11 is 1.01. The van der Waals surface area contributed by atoms with Crippen LogP contribution in [-0.2, 0) is 9.59 Å². The highest BCUT2D eigenvalue weighted by Gasteiger charge is 2.43. The Morgan fingerprint density at radius 3 is 2.17 bits per heavy atom. The Balaban J connectivity index is 2.59. The zero-order valence-electron chi connectivity index (χ0n) is 18.7. The van der Waals surface area contributed by atoms with Crippen LogP contribution in [0.1, 0.15) is 81.8 Å². The van der Waals surface area contributed by atoms with Crippen molar-refractivity contribution >= 4 is 34.8 Å². The first kappa shape index (κ1) is 23.9. The van der Waals surface area contributed by atoms with Crippen molar-refractivity contribution in [3.05, 3.63) is 15.8 Å². The number of thiophene rings is 1. The normalized spacial score (nSPS) is 19.5. The van der Waals surface area contributed by atoms with Gasteiger partial charge in [0, 0.05) is 11.3 Å². The molecule has 0 radical (unpaired) electrons. The maximum atomic E-state index is 13.6. The molecule has 1 fully saturated rings. The van der Waals surface area contributed by atoms with E-state index >= 15 is 0 Å². The fraction of sp³-hybridized carbons (Fsp3) is 0.609. The molecular formula is C23H32N2O4S. The second kappa shape index (κ2) is 8.81. The van der Waals surface area contributed by atoms with Gasteiger partial charge >= 0.3 is 5.97 Å². The molecule has 0 aromatic carbocycles. The Morgan fingerprint density at radius 1 is 1.13 bits per heavy atom. The summed E-state index contributed by atoms with van der Waals surface area (Å²) in [6.45, 7) is 11.2. The number of carbonyl (C=O) groups is 3. The summed E-state index contributed by atoms with van der Waals surface area (Å²) in [6.07, 6.45) is 3.29. The van der Waals surface area contributed by atoms with Crippen LogP contribution in [0, 0.1) is 29.1 Å². The van der Waals surface area contributed by atoms with Crippen LogP contribution in [0.25, 0.3) is 0 Å². The molecule has 0 aliphatic heterocycles. The number of nitrogens with zero attached hydrogens (tertiary/aromatic N) is 1. The minimum absolute atomic E-state index is 0.0138. The lowest BCUT2D eigenvalue weighted by atomic mass is 9.81. The molecule has 6 nitrogen and oxygen atoms in total. The fourth-order valence-electron chi connectivity index (χ4n) is 3.51. The molecule has 1 heterocycles. The van der Waals surface area contributed by atoms with Crippen LogP contribution in [0.15, 0.2) is 6.07 Å². The Morgan fingerprint density at radius 2 is 1.70 bits per heavy atom. The van der Waals surface area contributed by atoms with Crippen molar-refractivity contribution < 1.29 is 19.5 Å². The van der Waals surface area contributed by atoms with Gasteiger partial charge in [-0.25, -0.2) is 4.79 Å². The molecule has 1 aromatic heterocycles. The quantitative estimate of drug-likeness (QED) is 0.679. The monoisotopic (exact) mass is 432 g/mol. The van der Waals surface area contributed by atoms with Gasteiger partial charge in [-0.1, -0.05) is 18.8 Å². The number of carboxylic acid groups (broad SMARTS) is 1. The van der Waals surface area contributed by atoms with E-state index in [1.807, 2.05) is 20.8 Å². The highest BCUT2D eigenvalue weighted by atomic mass is 32.1. The van der Waals surface area contributed by atoms with Crippen molar-refractivity contribution in [3.8, 4) is 11.8 Å². The minimum Gasteiger partial charge on any atom is -0.477 e. The highest BCUT2D eigenvalue weighted by molar-refractivity contribution is 7.15. The number of carbonyl (C=O) groups excluding carboxylic acids is 2. The smallest absolute Gasteiger partial charge is 0.348 e. The average Bonchev–Trinajstić information content (AvgIpc) is 3.03. The van der Waals surface area contributed by atoms with Crippen LogP contribution < -0.4 is 10.6 Å². The van der Waals surface area contributed by atoms with Crippen LogP contribution in [0.5, 0.6) is 0 Å². The predicted molar refractivity (Wildman–Crippen MR) is 119 cm³/mol. The number of nitrogens with two attached hydrogens (primary N) is 1. The zero-order valence-corrected chi connectivity index (χ0v) is 19.5. The van der Waals surface area contributed by atoms with E-state index in [-0.39, 0.29) is 27.8 Å². The SMILES string of the molecule is CC(C)(C)C#Cc1cc(N(C(=O)[C@H]2CC[C@H](C)CC2)C(C)(C)C(N)=O)c(C(=O)O)s1. The summed E-state index contributed by atoms with van der Waals surface area (Å²) in [5, 5.41) is 9.80. The molecule has 164 valence electrons. The first-order valence-electron chi connectivity index (χ1n) is 10.3. The summed E-state index contributed by atoms with van der Waals surface area (Å²) in [6, 6.07) is 1.60. The van der Waals surface area contributed by atoms with E-state index in [0.717, 1.165) is 24.2 Å². The van der Waals surface area contributed by atoms with Gasteiger partial charge < -0.3 is 10.8 Å². The summed E-state index contributed by atoms with van der Waals surface area (Å²) in [5.41, 5.74) is 4.20. The van der Waals surface area contributed by atoms with Crippen LogP contribution in [0.4, 0.5) is 5.69 Å². The van der Waals surface area contributed by atoms with E-state index in [0.29, 0.717) is 23.6 Å². The van der Waals surface area contributed by atoms with Crippen LogP contribution in [0.2, 0.25) is 0 Å². The molecule has 2 rings (SSSR count). The lowest BCUT2D eigenvalue weighted by Crippen LogP contribution is -2.58. The molecule has 7 heteroatoms. The third-order valence-corrected chi connectivity index (χ3v) is 6.48. The van der Waals surface area contributed by atoms with Crippen molar-refractivity contribution in [2.24, 2.45) is 23.0 Å². The first-order valence-corrected chi connectivity index (χ1v) is 11.1.